The van der Waals surface area contributed by atoms with Crippen molar-refractivity contribution in [1.82, 2.24) is 25.1 Å². The Labute approximate surface area is 186 Å². The summed E-state index contributed by atoms with van der Waals surface area (Å²) in [7, 11) is 0. The van der Waals surface area contributed by atoms with Gasteiger partial charge in [0.15, 0.2) is 0 Å². The second-order valence-electron chi connectivity index (χ2n) is 7.90. The van der Waals surface area contributed by atoms with Crippen molar-refractivity contribution in [1.29, 1.82) is 0 Å². The fourth-order valence-electron chi connectivity index (χ4n) is 4.13. The maximum Gasteiger partial charge on any atom is 0.419 e. The van der Waals surface area contributed by atoms with Crippen LogP contribution >= 0.6 is 0 Å². The Morgan fingerprint density at radius 2 is 1.97 bits per heavy atom. The number of nitrogens with one attached hydrogen (secondary N) is 1. The largest absolute Gasteiger partial charge is 0.419 e. The lowest BCUT2D eigenvalue weighted by Gasteiger charge is -2.32. The highest BCUT2D eigenvalue weighted by Crippen LogP contribution is 2.42. The van der Waals surface area contributed by atoms with E-state index in [1.165, 1.54) is 25.5 Å². The van der Waals surface area contributed by atoms with Gasteiger partial charge < -0.3 is 10.0 Å². The van der Waals surface area contributed by atoms with Crippen molar-refractivity contribution in [3.8, 4) is 22.5 Å². The zero-order valence-electron chi connectivity index (χ0n) is 17.6. The van der Waals surface area contributed by atoms with Crippen LogP contribution in [0.25, 0.3) is 22.5 Å². The van der Waals surface area contributed by atoms with Gasteiger partial charge in [-0.15, -0.1) is 0 Å². The number of benzene rings is 1. The molecule has 0 spiro atoms. The molecule has 0 saturated carbocycles. The number of halogens is 4. The SMILES string of the molecule is CC(O)C(=O)N1CCC(c2[nH]nc(-c3cccc(C(F)(F)F)c3F)c2-c2ccncn2)CC1. The van der Waals surface area contributed by atoms with E-state index in [0.29, 0.717) is 48.9 Å². The zero-order chi connectivity index (χ0) is 23.8. The molecule has 1 aliphatic rings. The molecule has 3 aromatic rings. The lowest BCUT2D eigenvalue weighted by atomic mass is 9.88. The summed E-state index contributed by atoms with van der Waals surface area (Å²) in [4.78, 5) is 21.7. The van der Waals surface area contributed by atoms with Gasteiger partial charge >= 0.3 is 6.18 Å². The maximum absolute atomic E-state index is 14.9. The number of aliphatic hydroxyl groups is 1. The van der Waals surface area contributed by atoms with E-state index in [2.05, 4.69) is 20.2 Å². The molecule has 2 aromatic heterocycles. The van der Waals surface area contributed by atoms with Gasteiger partial charge in [0.05, 0.1) is 11.3 Å². The molecule has 33 heavy (non-hydrogen) atoms. The van der Waals surface area contributed by atoms with Gasteiger partial charge in [-0.25, -0.2) is 14.4 Å². The second-order valence-corrected chi connectivity index (χ2v) is 7.90. The van der Waals surface area contributed by atoms with E-state index in [1.807, 2.05) is 0 Å². The van der Waals surface area contributed by atoms with Crippen molar-refractivity contribution in [2.75, 3.05) is 13.1 Å². The summed E-state index contributed by atoms with van der Waals surface area (Å²) in [6.07, 6.45) is -2.11. The molecule has 1 fully saturated rings. The average molecular weight is 463 g/mol. The Balaban J connectivity index is 1.76. The number of hydrogen-bond donors (Lipinski definition) is 2. The van der Waals surface area contributed by atoms with E-state index in [-0.39, 0.29) is 23.1 Å². The molecule has 0 radical (unpaired) electrons. The fraction of sp³-hybridized carbons (Fsp3) is 0.364. The molecule has 1 atom stereocenters. The zero-order valence-corrected chi connectivity index (χ0v) is 17.6. The molecule has 2 N–H and O–H groups in total. The molecule has 1 unspecified atom stereocenters. The van der Waals surface area contributed by atoms with Crippen LogP contribution in [0.3, 0.4) is 0 Å². The van der Waals surface area contributed by atoms with Crippen LogP contribution in [0, 0.1) is 5.82 Å². The minimum absolute atomic E-state index is 0.0230. The average Bonchev–Trinajstić information content (AvgIpc) is 3.23. The standard InChI is InChI=1S/C22H21F4N5O2/c1-12(32)21(33)31-9-6-13(7-10-31)19-17(16-5-8-27-11-28-16)20(30-29-19)14-3-2-4-15(18(14)23)22(24,25)26/h2-5,8,11-13,32H,6-7,9-10H2,1H3,(H,29,30). The third kappa shape index (κ3) is 4.45. The van der Waals surface area contributed by atoms with Crippen LogP contribution in [0.2, 0.25) is 0 Å². The molecular formula is C22H21F4N5O2. The third-order valence-corrected chi connectivity index (χ3v) is 5.76. The number of aromatic amines is 1. The maximum atomic E-state index is 14.9. The van der Waals surface area contributed by atoms with Gasteiger partial charge in [-0.05, 0) is 38.0 Å². The molecule has 1 aromatic carbocycles. The number of carbonyl (C=O) groups is 1. The highest BCUT2D eigenvalue weighted by Gasteiger charge is 2.36. The lowest BCUT2D eigenvalue weighted by molar-refractivity contribution is -0.140. The van der Waals surface area contributed by atoms with Crippen molar-refractivity contribution in [3.63, 3.8) is 0 Å². The Morgan fingerprint density at radius 1 is 1.24 bits per heavy atom. The Bertz CT molecular complexity index is 1140. The van der Waals surface area contributed by atoms with Gasteiger partial charge in [-0.1, -0.05) is 6.07 Å². The van der Waals surface area contributed by atoms with Gasteiger partial charge in [-0.3, -0.25) is 9.89 Å². The van der Waals surface area contributed by atoms with Crippen molar-refractivity contribution in [3.05, 3.63) is 53.9 Å². The van der Waals surface area contributed by atoms with Crippen molar-refractivity contribution >= 4 is 5.91 Å². The van der Waals surface area contributed by atoms with Crippen molar-refractivity contribution < 1.29 is 27.5 Å². The first-order valence-electron chi connectivity index (χ1n) is 10.4. The number of nitrogens with zero attached hydrogens (tertiary/aromatic N) is 4. The van der Waals surface area contributed by atoms with Crippen LogP contribution in [0.5, 0.6) is 0 Å². The van der Waals surface area contributed by atoms with E-state index in [1.54, 1.807) is 11.0 Å². The molecule has 4 rings (SSSR count). The van der Waals surface area contributed by atoms with Crippen LogP contribution in [0.1, 0.15) is 36.9 Å². The minimum atomic E-state index is -4.85. The van der Waals surface area contributed by atoms with Gasteiger partial charge in [0, 0.05) is 42.0 Å². The number of likely N-dealkylation sites (tertiary alicyclic amines) is 1. The van der Waals surface area contributed by atoms with Gasteiger partial charge in [-0.2, -0.15) is 18.3 Å². The Morgan fingerprint density at radius 3 is 2.58 bits per heavy atom. The Kier molecular flexibility index (Phi) is 6.15. The molecule has 11 heteroatoms. The second kappa shape index (κ2) is 8.89. The van der Waals surface area contributed by atoms with Crippen LogP contribution in [-0.4, -0.2) is 55.3 Å². The smallest absolute Gasteiger partial charge is 0.384 e. The van der Waals surface area contributed by atoms with Gasteiger partial charge in [0.2, 0.25) is 0 Å². The number of piperidine rings is 1. The summed E-state index contributed by atoms with van der Waals surface area (Å²) in [5, 5.41) is 16.6. The van der Waals surface area contributed by atoms with Gasteiger partial charge in [0.25, 0.3) is 5.91 Å². The van der Waals surface area contributed by atoms with E-state index >= 15 is 0 Å². The molecular weight excluding hydrogens is 442 g/mol. The van der Waals surface area contributed by atoms with Crippen molar-refractivity contribution in [2.24, 2.45) is 0 Å². The van der Waals surface area contributed by atoms with Crippen LogP contribution in [-0.2, 0) is 11.0 Å². The molecule has 0 aliphatic carbocycles. The Hall–Kier alpha value is -3.34. The van der Waals surface area contributed by atoms with E-state index in [4.69, 9.17) is 0 Å². The number of carbonyl (C=O) groups excluding carboxylic acids is 1. The molecule has 3 heterocycles. The molecule has 7 nitrogen and oxygen atoms in total. The summed E-state index contributed by atoms with van der Waals surface area (Å²) in [5.41, 5.74) is -0.246. The van der Waals surface area contributed by atoms with Crippen LogP contribution in [0.4, 0.5) is 17.6 Å². The number of aliphatic hydroxyl groups excluding tert-OH is 1. The summed E-state index contributed by atoms with van der Waals surface area (Å²) in [6.45, 7) is 2.19. The monoisotopic (exact) mass is 463 g/mol. The lowest BCUT2D eigenvalue weighted by Crippen LogP contribution is -2.42. The van der Waals surface area contributed by atoms with E-state index < -0.39 is 23.7 Å². The highest BCUT2D eigenvalue weighted by molar-refractivity contribution is 5.82. The van der Waals surface area contributed by atoms with Gasteiger partial charge in [0.1, 0.15) is 23.9 Å². The first-order valence-corrected chi connectivity index (χ1v) is 10.4. The number of aromatic nitrogens is 4. The van der Waals surface area contributed by atoms with E-state index in [0.717, 1.165) is 6.07 Å². The first-order chi connectivity index (χ1) is 15.7. The predicted molar refractivity (Wildman–Crippen MR) is 110 cm³/mol. The number of alkyl halides is 3. The topological polar surface area (TPSA) is 95.0 Å². The third-order valence-electron chi connectivity index (χ3n) is 5.76. The minimum Gasteiger partial charge on any atom is -0.384 e. The van der Waals surface area contributed by atoms with Crippen molar-refractivity contribution in [2.45, 2.75) is 38.0 Å². The summed E-state index contributed by atoms with van der Waals surface area (Å²) in [5.74, 6) is -1.89. The number of H-pyrrole nitrogens is 1. The molecule has 1 amide bonds. The number of hydrogen-bond acceptors (Lipinski definition) is 5. The molecule has 1 aliphatic heterocycles. The molecule has 0 bridgehead atoms. The first kappa shape index (κ1) is 22.8. The summed E-state index contributed by atoms with van der Waals surface area (Å²) >= 11 is 0. The molecule has 1 saturated heterocycles. The fourth-order valence-corrected chi connectivity index (χ4v) is 4.13. The highest BCUT2D eigenvalue weighted by atomic mass is 19.4. The number of amides is 1. The summed E-state index contributed by atoms with van der Waals surface area (Å²) in [6, 6.07) is 4.65. The van der Waals surface area contributed by atoms with Crippen LogP contribution < -0.4 is 0 Å². The molecule has 174 valence electrons. The summed E-state index contributed by atoms with van der Waals surface area (Å²) < 4.78 is 54.8. The van der Waals surface area contributed by atoms with E-state index in [9.17, 15) is 27.5 Å². The van der Waals surface area contributed by atoms with Crippen LogP contribution in [0.15, 0.2) is 36.8 Å². The quantitative estimate of drug-likeness (QED) is 0.575. The normalized spacial score (nSPS) is 16.1. The predicted octanol–water partition coefficient (Wildman–Crippen LogP) is 3.78. The number of rotatable bonds is 4.